The molecule has 2 N–H and O–H groups in total. The molecular weight excluding hydrogens is 500 g/mol. The summed E-state index contributed by atoms with van der Waals surface area (Å²) in [4.78, 5) is 40.9. The molecule has 7 nitrogen and oxygen atoms in total. The van der Waals surface area contributed by atoms with Crippen LogP contribution in [0, 0.1) is 5.92 Å². The first-order chi connectivity index (χ1) is 18.2. The third-order valence-electron chi connectivity index (χ3n) is 8.33. The van der Waals surface area contributed by atoms with Crippen molar-refractivity contribution >= 4 is 29.5 Å². The van der Waals surface area contributed by atoms with Crippen molar-refractivity contribution in [3.8, 4) is 5.75 Å². The van der Waals surface area contributed by atoms with Gasteiger partial charge in [-0.3, -0.25) is 9.59 Å². The maximum Gasteiger partial charge on any atom is 0.327 e. The molecule has 0 bridgehead atoms. The molecule has 5 atom stereocenters. The number of rotatable bonds is 9. The number of thioether (sulfide) groups is 1. The number of benzene rings is 2. The molecule has 2 aromatic carbocycles. The maximum atomic E-state index is 14.4. The molecule has 3 aliphatic rings. The molecule has 2 aliphatic heterocycles. The van der Waals surface area contributed by atoms with E-state index >= 15 is 0 Å². The highest BCUT2D eigenvalue weighted by atomic mass is 32.2. The number of carboxylic acid groups (broad SMARTS) is 1. The van der Waals surface area contributed by atoms with E-state index in [2.05, 4.69) is 24.4 Å². The van der Waals surface area contributed by atoms with Crippen LogP contribution in [0.3, 0.4) is 0 Å². The molecule has 3 fully saturated rings. The maximum absolute atomic E-state index is 14.4. The fourth-order valence-electron chi connectivity index (χ4n) is 6.56. The summed E-state index contributed by atoms with van der Waals surface area (Å²) in [6, 6.07) is 16.4. The Kier molecular flexibility index (Phi) is 7.20. The minimum Gasteiger partial charge on any atom is -0.494 e. The highest BCUT2D eigenvalue weighted by molar-refractivity contribution is 8.01. The number of nitrogens with zero attached hydrogens (tertiary/aromatic N) is 1. The quantitative estimate of drug-likeness (QED) is 0.462. The van der Waals surface area contributed by atoms with Crippen LogP contribution < -0.4 is 10.1 Å². The lowest BCUT2D eigenvalue weighted by Gasteiger charge is -2.45. The zero-order valence-corrected chi connectivity index (χ0v) is 23.0. The van der Waals surface area contributed by atoms with E-state index in [1.165, 1.54) is 22.2 Å². The van der Waals surface area contributed by atoms with Gasteiger partial charge in [0.25, 0.3) is 0 Å². The van der Waals surface area contributed by atoms with Gasteiger partial charge in [-0.1, -0.05) is 55.8 Å². The molecule has 2 saturated heterocycles. The van der Waals surface area contributed by atoms with Gasteiger partial charge in [0.05, 0.1) is 12.0 Å². The Bertz CT molecular complexity index is 1220. The Hall–Kier alpha value is -3.00. The van der Waals surface area contributed by atoms with Crippen LogP contribution in [0.4, 0.5) is 0 Å². The van der Waals surface area contributed by atoms with E-state index in [0.29, 0.717) is 13.0 Å². The number of ether oxygens (including phenoxy) is 1. The minimum atomic E-state index is -1.01. The topological polar surface area (TPSA) is 95.9 Å². The van der Waals surface area contributed by atoms with Crippen LogP contribution in [0.25, 0.3) is 0 Å². The SMILES string of the molecule is CCCOc1cccc([C@]2(C(=O)N[C@@H]3C(=O)N4[C@@H]3SC(C)(C)[C@@H]4C(=O)O)CCC[C@H]2Cc2ccccc2)c1. The van der Waals surface area contributed by atoms with E-state index in [-0.39, 0.29) is 23.1 Å². The highest BCUT2D eigenvalue weighted by Crippen LogP contribution is 2.52. The molecular formula is C30H36N2O5S. The first-order valence-electron chi connectivity index (χ1n) is 13.5. The van der Waals surface area contributed by atoms with Crippen molar-refractivity contribution in [2.24, 2.45) is 5.92 Å². The molecule has 2 aromatic rings. The number of hydrogen-bond donors (Lipinski definition) is 2. The van der Waals surface area contributed by atoms with Gasteiger partial charge in [0.2, 0.25) is 11.8 Å². The van der Waals surface area contributed by atoms with Crippen LogP contribution in [0.1, 0.15) is 57.6 Å². The smallest absolute Gasteiger partial charge is 0.327 e. The number of fused-ring (bicyclic) bond motifs is 1. The van der Waals surface area contributed by atoms with Crippen molar-refractivity contribution in [1.82, 2.24) is 10.2 Å². The molecule has 1 saturated carbocycles. The minimum absolute atomic E-state index is 0.0528. The highest BCUT2D eigenvalue weighted by Gasteiger charge is 2.65. The lowest BCUT2D eigenvalue weighted by molar-refractivity contribution is -0.161. The zero-order valence-electron chi connectivity index (χ0n) is 22.2. The van der Waals surface area contributed by atoms with E-state index in [9.17, 15) is 19.5 Å². The van der Waals surface area contributed by atoms with Crippen molar-refractivity contribution in [2.75, 3.05) is 6.61 Å². The van der Waals surface area contributed by atoms with Crippen molar-refractivity contribution in [1.29, 1.82) is 0 Å². The van der Waals surface area contributed by atoms with E-state index in [4.69, 9.17) is 4.74 Å². The normalized spacial score (nSPS) is 29.4. The van der Waals surface area contributed by atoms with Gasteiger partial charge < -0.3 is 20.1 Å². The molecule has 2 amide bonds. The van der Waals surface area contributed by atoms with Crippen molar-refractivity contribution < 1.29 is 24.2 Å². The lowest BCUT2D eigenvalue weighted by atomic mass is 9.69. The van der Waals surface area contributed by atoms with Crippen LogP contribution in [-0.2, 0) is 26.2 Å². The number of carboxylic acids is 1. The van der Waals surface area contributed by atoms with Gasteiger partial charge in [-0.25, -0.2) is 4.79 Å². The predicted molar refractivity (Wildman–Crippen MR) is 147 cm³/mol. The fraction of sp³-hybridized carbons (Fsp3) is 0.500. The number of aliphatic carboxylic acids is 1. The Morgan fingerprint density at radius 3 is 2.63 bits per heavy atom. The van der Waals surface area contributed by atoms with Gasteiger partial charge in [-0.05, 0) is 68.7 Å². The number of β-lactam (4-membered cyclic amide) rings is 1. The summed E-state index contributed by atoms with van der Waals surface area (Å²) in [7, 11) is 0. The molecule has 0 spiro atoms. The van der Waals surface area contributed by atoms with Gasteiger partial charge in [0, 0.05) is 4.75 Å². The number of amides is 2. The zero-order chi connectivity index (χ0) is 27.1. The van der Waals surface area contributed by atoms with Gasteiger partial charge >= 0.3 is 5.97 Å². The summed E-state index contributed by atoms with van der Waals surface area (Å²) in [5.41, 5.74) is 1.28. The van der Waals surface area contributed by atoms with Gasteiger partial charge in [0.1, 0.15) is 23.2 Å². The van der Waals surface area contributed by atoms with Gasteiger partial charge in [-0.2, -0.15) is 0 Å². The molecule has 2 heterocycles. The van der Waals surface area contributed by atoms with Crippen LogP contribution in [0.2, 0.25) is 0 Å². The molecule has 0 unspecified atom stereocenters. The summed E-state index contributed by atoms with van der Waals surface area (Å²) < 4.78 is 5.29. The molecule has 1 aliphatic carbocycles. The lowest BCUT2D eigenvalue weighted by Crippen LogP contribution is -2.72. The first kappa shape index (κ1) is 26.6. The second-order valence-corrected chi connectivity index (χ2v) is 12.9. The number of hydrogen-bond acceptors (Lipinski definition) is 5. The predicted octanol–water partition coefficient (Wildman–Crippen LogP) is 4.39. The average Bonchev–Trinajstić information content (AvgIpc) is 3.43. The van der Waals surface area contributed by atoms with Crippen LogP contribution in [0.15, 0.2) is 54.6 Å². The summed E-state index contributed by atoms with van der Waals surface area (Å²) in [6.07, 6.45) is 4.13. The number of carbonyl (C=O) groups excluding carboxylic acids is 2. The van der Waals surface area contributed by atoms with Crippen molar-refractivity contribution in [2.45, 2.75) is 80.5 Å². The van der Waals surface area contributed by atoms with Crippen LogP contribution >= 0.6 is 11.8 Å². The van der Waals surface area contributed by atoms with Crippen LogP contribution in [0.5, 0.6) is 5.75 Å². The van der Waals surface area contributed by atoms with E-state index < -0.39 is 28.2 Å². The molecule has 5 rings (SSSR count). The monoisotopic (exact) mass is 536 g/mol. The first-order valence-corrected chi connectivity index (χ1v) is 14.4. The standard InChI is InChI=1S/C30H36N2O5S/c1-4-16-37-22-14-8-12-21(18-22)30(15-9-13-20(30)17-19-10-6-5-7-11-19)28(36)31-23-25(33)32-24(27(34)35)29(2,3)38-26(23)32/h5-8,10-12,14,18,20,23-24,26H,4,9,13,15-17H2,1-3H3,(H,31,36)(H,34,35)/t20-,23+,24-,26+,30-/m0/s1. The third kappa shape index (κ3) is 4.46. The second kappa shape index (κ2) is 10.3. The van der Waals surface area contributed by atoms with E-state index in [1.807, 2.05) is 56.3 Å². The largest absolute Gasteiger partial charge is 0.494 e. The molecule has 202 valence electrons. The molecule has 8 heteroatoms. The Morgan fingerprint density at radius 2 is 1.92 bits per heavy atom. The summed E-state index contributed by atoms with van der Waals surface area (Å²) in [5.74, 6) is -0.690. The Morgan fingerprint density at radius 1 is 1.16 bits per heavy atom. The van der Waals surface area contributed by atoms with Crippen molar-refractivity contribution in [3.05, 3.63) is 65.7 Å². The van der Waals surface area contributed by atoms with E-state index in [0.717, 1.165) is 37.0 Å². The number of nitrogens with one attached hydrogen (secondary N) is 1. The Balaban J connectivity index is 1.47. The average molecular weight is 537 g/mol. The Labute approximate surface area is 228 Å². The summed E-state index contributed by atoms with van der Waals surface area (Å²) in [6.45, 7) is 6.35. The van der Waals surface area contributed by atoms with Gasteiger partial charge in [-0.15, -0.1) is 11.8 Å². The summed E-state index contributed by atoms with van der Waals surface area (Å²) in [5, 5.41) is 12.5. The molecule has 38 heavy (non-hydrogen) atoms. The molecule has 0 aromatic heterocycles. The fourth-order valence-corrected chi connectivity index (χ4v) is 8.19. The van der Waals surface area contributed by atoms with Crippen molar-refractivity contribution in [3.63, 3.8) is 0 Å². The summed E-state index contributed by atoms with van der Waals surface area (Å²) >= 11 is 1.45. The van der Waals surface area contributed by atoms with Crippen LogP contribution in [-0.4, -0.2) is 56.6 Å². The third-order valence-corrected chi connectivity index (χ3v) is 9.91. The number of carbonyl (C=O) groups is 3. The van der Waals surface area contributed by atoms with Gasteiger partial charge in [0.15, 0.2) is 0 Å². The molecule has 0 radical (unpaired) electrons. The second-order valence-electron chi connectivity index (χ2n) is 11.2. The van der Waals surface area contributed by atoms with E-state index in [1.54, 1.807) is 0 Å².